The molecule has 0 heterocycles. The number of hydrogen-bond acceptors (Lipinski definition) is 3. The fraction of sp³-hybridized carbons (Fsp3) is 0.333. The van der Waals surface area contributed by atoms with Crippen molar-refractivity contribution < 1.29 is 4.74 Å². The molecule has 0 aromatic heterocycles. The van der Waals surface area contributed by atoms with Gasteiger partial charge in [-0.1, -0.05) is 24.5 Å². The first-order chi connectivity index (χ1) is 7.69. The van der Waals surface area contributed by atoms with Gasteiger partial charge in [-0.3, -0.25) is 0 Å². The van der Waals surface area contributed by atoms with Crippen molar-refractivity contribution in [1.82, 2.24) is 0 Å². The Morgan fingerprint density at radius 2 is 2.12 bits per heavy atom. The van der Waals surface area contributed by atoms with E-state index in [0.717, 1.165) is 11.0 Å². The highest BCUT2D eigenvalue weighted by Crippen LogP contribution is 2.27. The van der Waals surface area contributed by atoms with E-state index in [1.54, 1.807) is 0 Å². The third-order valence-corrected chi connectivity index (χ3v) is 2.39. The van der Waals surface area contributed by atoms with Gasteiger partial charge in [-0.15, -0.1) is 0 Å². The Bertz CT molecular complexity index is 445. The number of nitrogens with zero attached hydrogens (tertiary/aromatic N) is 2. The lowest BCUT2D eigenvalue weighted by Gasteiger charge is -2.14. The molecule has 0 saturated carbocycles. The second kappa shape index (κ2) is 5.83. The molecule has 1 unspecified atom stereocenters. The molecule has 0 radical (unpaired) electrons. The van der Waals surface area contributed by atoms with Crippen LogP contribution in [0.25, 0.3) is 0 Å². The van der Waals surface area contributed by atoms with Crippen LogP contribution in [0.5, 0.6) is 5.75 Å². The molecule has 0 bridgehead atoms. The molecule has 16 heavy (non-hydrogen) atoms. The Morgan fingerprint density at radius 1 is 1.38 bits per heavy atom. The van der Waals surface area contributed by atoms with Crippen molar-refractivity contribution in [3.05, 3.63) is 23.8 Å². The van der Waals surface area contributed by atoms with E-state index in [1.807, 2.05) is 39.0 Å². The highest BCUT2D eigenvalue weighted by Gasteiger charge is 2.11. The Balaban J connectivity index is 2.99. The summed E-state index contributed by atoms with van der Waals surface area (Å²) in [5, 5.41) is 17.2. The molecule has 0 fully saturated rings. The molecule has 0 amide bonds. The van der Waals surface area contributed by atoms with Crippen LogP contribution >= 0.6 is 0 Å². The lowest BCUT2D eigenvalue weighted by Crippen LogP contribution is -2.08. The van der Waals surface area contributed by atoms with Gasteiger partial charge in [0.25, 0.3) is 0 Å². The van der Waals surface area contributed by atoms with E-state index in [0.29, 0.717) is 12.2 Å². The maximum atomic E-state index is 8.69. The predicted molar refractivity (Wildman–Crippen MR) is 64.4 cm³/mol. The smallest absolute Gasteiger partial charge is 0.174 e. The lowest BCUT2D eigenvalue weighted by molar-refractivity contribution is 0.362. The Kier molecular flexibility index (Phi) is 4.42. The van der Waals surface area contributed by atoms with Gasteiger partial charge in [-0.05, 0) is 17.5 Å². The summed E-state index contributed by atoms with van der Waals surface area (Å²) in [6.07, 6.45) is 0.451. The third kappa shape index (κ3) is 3.03. The van der Waals surface area contributed by atoms with Gasteiger partial charge in [0.2, 0.25) is 0 Å². The second-order valence-corrected chi connectivity index (χ2v) is 3.75. The highest BCUT2D eigenvalue weighted by atomic mass is 16.5. The minimum Gasteiger partial charge on any atom is -0.478 e. The maximum absolute atomic E-state index is 8.69. The van der Waals surface area contributed by atoms with Crippen molar-refractivity contribution in [3.8, 4) is 17.9 Å². The van der Waals surface area contributed by atoms with Crippen LogP contribution in [-0.2, 0) is 0 Å². The Hall–Kier alpha value is -1.94. The predicted octanol–water partition coefficient (Wildman–Crippen LogP) is 0.865. The number of nitriles is 2. The minimum atomic E-state index is 0.0370. The number of benzene rings is 1. The molecule has 0 saturated heterocycles. The molecule has 1 aromatic rings. The van der Waals surface area contributed by atoms with Crippen LogP contribution in [0, 0.1) is 22.7 Å². The van der Waals surface area contributed by atoms with Crippen LogP contribution < -0.4 is 10.2 Å². The zero-order valence-corrected chi connectivity index (χ0v) is 9.53. The molecule has 0 aliphatic rings. The van der Waals surface area contributed by atoms with Crippen molar-refractivity contribution in [2.24, 2.45) is 0 Å². The van der Waals surface area contributed by atoms with E-state index < -0.39 is 0 Å². The Morgan fingerprint density at radius 3 is 2.75 bits per heavy atom. The molecule has 0 aliphatic carbocycles. The summed E-state index contributed by atoms with van der Waals surface area (Å²) in [7, 11) is 2.00. The molecular weight excluding hydrogens is 199 g/mol. The molecule has 1 rings (SSSR count). The zero-order chi connectivity index (χ0) is 12.0. The first kappa shape index (κ1) is 12.1. The summed E-state index contributed by atoms with van der Waals surface area (Å²) in [5.74, 6) is 0.827. The zero-order valence-electron chi connectivity index (χ0n) is 9.53. The molecule has 0 N–H and O–H groups in total. The van der Waals surface area contributed by atoms with E-state index in [-0.39, 0.29) is 12.5 Å². The molecule has 0 spiro atoms. The normalized spacial score (nSPS) is 11.2. The maximum Gasteiger partial charge on any atom is 0.174 e. The van der Waals surface area contributed by atoms with E-state index >= 15 is 0 Å². The van der Waals surface area contributed by atoms with E-state index in [2.05, 4.69) is 6.07 Å². The van der Waals surface area contributed by atoms with Gasteiger partial charge >= 0.3 is 0 Å². The SMILES string of the molecule is Bc1ccc(OCC#N)c(C(C)CC#N)c1. The number of hydrogen-bond donors (Lipinski definition) is 0. The third-order valence-electron chi connectivity index (χ3n) is 2.39. The number of rotatable bonds is 4. The van der Waals surface area contributed by atoms with Gasteiger partial charge < -0.3 is 4.74 Å². The summed E-state index contributed by atoms with van der Waals surface area (Å²) in [6, 6.07) is 9.90. The van der Waals surface area contributed by atoms with Crippen LogP contribution in [0.1, 0.15) is 24.8 Å². The molecule has 80 valence electrons. The monoisotopic (exact) mass is 212 g/mol. The molecule has 1 atom stereocenters. The summed E-state index contributed by atoms with van der Waals surface area (Å²) < 4.78 is 5.34. The van der Waals surface area contributed by atoms with Crippen LogP contribution in [0.4, 0.5) is 0 Å². The fourth-order valence-electron chi connectivity index (χ4n) is 1.54. The average Bonchev–Trinajstić information content (AvgIpc) is 2.27. The van der Waals surface area contributed by atoms with Crippen LogP contribution in [0.3, 0.4) is 0 Å². The van der Waals surface area contributed by atoms with Gasteiger partial charge in [0.15, 0.2) is 6.61 Å². The summed E-state index contributed by atoms with van der Waals surface area (Å²) in [5.41, 5.74) is 2.13. The van der Waals surface area contributed by atoms with E-state index in [9.17, 15) is 0 Å². The number of ether oxygens (including phenoxy) is 1. The van der Waals surface area contributed by atoms with E-state index in [1.165, 1.54) is 0 Å². The van der Waals surface area contributed by atoms with Gasteiger partial charge in [0, 0.05) is 6.42 Å². The second-order valence-electron chi connectivity index (χ2n) is 3.75. The summed E-state index contributed by atoms with van der Waals surface area (Å²) in [6.45, 7) is 2.02. The van der Waals surface area contributed by atoms with Crippen LogP contribution in [0.15, 0.2) is 18.2 Å². The quantitative estimate of drug-likeness (QED) is 0.695. The van der Waals surface area contributed by atoms with Gasteiger partial charge in [0.05, 0.1) is 6.07 Å². The van der Waals surface area contributed by atoms with E-state index in [4.69, 9.17) is 15.3 Å². The fourth-order valence-corrected chi connectivity index (χ4v) is 1.54. The summed E-state index contributed by atoms with van der Waals surface area (Å²) in [4.78, 5) is 0. The van der Waals surface area contributed by atoms with Crippen molar-refractivity contribution in [2.75, 3.05) is 6.61 Å². The van der Waals surface area contributed by atoms with Gasteiger partial charge in [-0.25, -0.2) is 0 Å². The molecule has 4 heteroatoms. The van der Waals surface area contributed by atoms with Crippen molar-refractivity contribution in [3.63, 3.8) is 0 Å². The largest absolute Gasteiger partial charge is 0.478 e. The first-order valence-electron chi connectivity index (χ1n) is 5.16. The van der Waals surface area contributed by atoms with Crippen molar-refractivity contribution >= 4 is 13.3 Å². The van der Waals surface area contributed by atoms with Gasteiger partial charge in [0.1, 0.15) is 19.7 Å². The molecule has 0 aliphatic heterocycles. The van der Waals surface area contributed by atoms with Crippen molar-refractivity contribution in [2.45, 2.75) is 19.3 Å². The topological polar surface area (TPSA) is 56.8 Å². The summed E-state index contributed by atoms with van der Waals surface area (Å²) >= 11 is 0. The molecule has 1 aromatic carbocycles. The highest BCUT2D eigenvalue weighted by molar-refractivity contribution is 6.32. The average molecular weight is 212 g/mol. The lowest BCUT2D eigenvalue weighted by atomic mass is 9.89. The van der Waals surface area contributed by atoms with Gasteiger partial charge in [-0.2, -0.15) is 10.5 Å². The van der Waals surface area contributed by atoms with Crippen LogP contribution in [-0.4, -0.2) is 14.5 Å². The Labute approximate surface area is 96.7 Å². The minimum absolute atomic E-state index is 0.0370. The molecular formula is C12H13BN2O. The molecule has 3 nitrogen and oxygen atoms in total. The van der Waals surface area contributed by atoms with Crippen LogP contribution in [0.2, 0.25) is 0 Å². The van der Waals surface area contributed by atoms with Crippen molar-refractivity contribution in [1.29, 1.82) is 10.5 Å². The standard InChI is InChI=1S/C12H13BN2O/c1-9(4-5-14)11-8-10(13)2-3-12(11)16-7-6-15/h2-3,8-9H,4,7,13H2,1H3. The first-order valence-corrected chi connectivity index (χ1v) is 5.16.